The van der Waals surface area contributed by atoms with Gasteiger partial charge in [0.05, 0.1) is 22.4 Å². The van der Waals surface area contributed by atoms with Crippen LogP contribution in [0.2, 0.25) is 0 Å². The van der Waals surface area contributed by atoms with Crippen molar-refractivity contribution in [3.05, 3.63) is 95.3 Å². The molecule has 0 aliphatic rings. The van der Waals surface area contributed by atoms with Gasteiger partial charge in [0, 0.05) is 0 Å². The molecule has 1 amide bonds. The van der Waals surface area contributed by atoms with Gasteiger partial charge in [0.2, 0.25) is 0 Å². The number of nitrogens with zero attached hydrogens (tertiary/aromatic N) is 2. The van der Waals surface area contributed by atoms with Crippen LogP contribution in [0.15, 0.2) is 82.8 Å². The van der Waals surface area contributed by atoms with Gasteiger partial charge in [-0.3, -0.25) is 9.10 Å². The highest BCUT2D eigenvalue weighted by atomic mass is 32.2. The zero-order valence-electron chi connectivity index (χ0n) is 17.8. The lowest BCUT2D eigenvalue weighted by Crippen LogP contribution is -2.39. The third-order valence-corrected chi connectivity index (χ3v) is 6.42. The monoisotopic (exact) mass is 493 g/mol. The first-order valence-corrected chi connectivity index (χ1v) is 11.2. The van der Waals surface area contributed by atoms with Gasteiger partial charge in [-0.05, 0) is 61.0 Å². The van der Waals surface area contributed by atoms with Gasteiger partial charge in [-0.1, -0.05) is 29.8 Å². The van der Waals surface area contributed by atoms with E-state index in [4.69, 9.17) is 0 Å². The third-order valence-electron chi connectivity index (χ3n) is 4.63. The first-order chi connectivity index (χ1) is 16.0. The van der Waals surface area contributed by atoms with Gasteiger partial charge in [-0.25, -0.2) is 18.2 Å². The van der Waals surface area contributed by atoms with Crippen molar-refractivity contribution in [2.75, 3.05) is 10.8 Å². The van der Waals surface area contributed by atoms with Crippen molar-refractivity contribution in [2.45, 2.75) is 18.0 Å². The number of nitrogens with one attached hydrogen (secondary N) is 1. The van der Waals surface area contributed by atoms with Crippen molar-refractivity contribution in [3.8, 4) is 0 Å². The van der Waals surface area contributed by atoms with Gasteiger partial charge in [0.1, 0.15) is 12.4 Å². The van der Waals surface area contributed by atoms with Gasteiger partial charge in [-0.2, -0.15) is 18.3 Å². The van der Waals surface area contributed by atoms with Crippen LogP contribution in [0, 0.1) is 12.7 Å². The number of carbonyl (C=O) groups is 1. The molecule has 0 atom stereocenters. The lowest BCUT2D eigenvalue weighted by Gasteiger charge is -2.23. The second kappa shape index (κ2) is 10.0. The Bertz CT molecular complexity index is 1290. The molecule has 3 aromatic rings. The molecular weight excluding hydrogens is 474 g/mol. The highest BCUT2D eigenvalue weighted by molar-refractivity contribution is 7.92. The molecule has 0 saturated heterocycles. The summed E-state index contributed by atoms with van der Waals surface area (Å²) in [5.41, 5.74) is 2.37. The number of benzene rings is 3. The lowest BCUT2D eigenvalue weighted by atomic mass is 10.1. The second-order valence-electron chi connectivity index (χ2n) is 7.22. The fourth-order valence-corrected chi connectivity index (χ4v) is 4.32. The molecule has 0 aromatic heterocycles. The van der Waals surface area contributed by atoms with Gasteiger partial charge in [0.25, 0.3) is 15.9 Å². The summed E-state index contributed by atoms with van der Waals surface area (Å²) in [5, 5.41) is 3.63. The van der Waals surface area contributed by atoms with E-state index in [0.717, 1.165) is 52.5 Å². The molecule has 0 spiro atoms. The molecule has 6 nitrogen and oxygen atoms in total. The maximum Gasteiger partial charge on any atom is 0.416 e. The minimum atomic E-state index is -4.53. The van der Waals surface area contributed by atoms with Crippen LogP contribution in [0.3, 0.4) is 0 Å². The molecule has 178 valence electrons. The summed E-state index contributed by atoms with van der Waals surface area (Å²) in [6.45, 7) is 1.13. The summed E-state index contributed by atoms with van der Waals surface area (Å²) in [6, 6.07) is 14.8. The van der Waals surface area contributed by atoms with E-state index in [2.05, 4.69) is 10.5 Å². The van der Waals surface area contributed by atoms with Crippen molar-refractivity contribution < 1.29 is 30.8 Å². The van der Waals surface area contributed by atoms with Crippen LogP contribution in [0.5, 0.6) is 0 Å². The quantitative estimate of drug-likeness (QED) is 0.299. The van der Waals surface area contributed by atoms with Crippen LogP contribution >= 0.6 is 0 Å². The Morgan fingerprint density at radius 1 is 1.03 bits per heavy atom. The fraction of sp³-hybridized carbons (Fsp3) is 0.130. The van der Waals surface area contributed by atoms with Crippen molar-refractivity contribution in [1.82, 2.24) is 5.43 Å². The number of hydrogen-bond acceptors (Lipinski definition) is 4. The van der Waals surface area contributed by atoms with Crippen LogP contribution < -0.4 is 9.73 Å². The minimum absolute atomic E-state index is 0.0875. The second-order valence-corrected chi connectivity index (χ2v) is 9.08. The highest BCUT2D eigenvalue weighted by Crippen LogP contribution is 2.29. The summed E-state index contributed by atoms with van der Waals surface area (Å²) in [4.78, 5) is 12.2. The Labute approximate surface area is 193 Å². The summed E-state index contributed by atoms with van der Waals surface area (Å²) >= 11 is 0. The Morgan fingerprint density at radius 2 is 1.68 bits per heavy atom. The van der Waals surface area contributed by atoms with E-state index in [9.17, 15) is 30.8 Å². The summed E-state index contributed by atoms with van der Waals surface area (Å²) in [6.07, 6.45) is -3.52. The fourth-order valence-electron chi connectivity index (χ4n) is 2.90. The molecule has 0 aliphatic heterocycles. The zero-order valence-corrected chi connectivity index (χ0v) is 18.6. The number of hydrazone groups is 1. The molecule has 0 unspecified atom stereocenters. The molecule has 0 radical (unpaired) electrons. The van der Waals surface area contributed by atoms with Gasteiger partial charge < -0.3 is 0 Å². The predicted octanol–water partition coefficient (Wildman–Crippen LogP) is 4.50. The molecule has 3 aromatic carbocycles. The van der Waals surface area contributed by atoms with E-state index in [1.54, 1.807) is 19.1 Å². The molecule has 0 heterocycles. The first kappa shape index (κ1) is 24.9. The minimum Gasteiger partial charge on any atom is -0.271 e. The van der Waals surface area contributed by atoms with Crippen molar-refractivity contribution in [2.24, 2.45) is 5.10 Å². The molecule has 11 heteroatoms. The van der Waals surface area contributed by atoms with Crippen LogP contribution in [0.4, 0.5) is 23.2 Å². The van der Waals surface area contributed by atoms with E-state index in [1.807, 2.05) is 0 Å². The normalized spacial score (nSPS) is 12.0. The summed E-state index contributed by atoms with van der Waals surface area (Å²) in [7, 11) is -4.25. The Kier molecular flexibility index (Phi) is 7.35. The number of anilines is 1. The zero-order chi connectivity index (χ0) is 24.9. The lowest BCUT2D eigenvalue weighted by molar-refractivity contribution is -0.137. The van der Waals surface area contributed by atoms with Crippen LogP contribution in [0.25, 0.3) is 0 Å². The number of rotatable bonds is 7. The van der Waals surface area contributed by atoms with E-state index < -0.39 is 40.0 Å². The predicted molar refractivity (Wildman–Crippen MR) is 119 cm³/mol. The number of hydrogen-bond donors (Lipinski definition) is 1. The van der Waals surface area contributed by atoms with E-state index in [0.29, 0.717) is 0 Å². The van der Waals surface area contributed by atoms with Gasteiger partial charge >= 0.3 is 6.18 Å². The summed E-state index contributed by atoms with van der Waals surface area (Å²) in [5.74, 6) is -1.46. The first-order valence-electron chi connectivity index (χ1n) is 9.81. The van der Waals surface area contributed by atoms with Gasteiger partial charge in [0.15, 0.2) is 0 Å². The molecule has 0 fully saturated rings. The average molecular weight is 493 g/mol. The maximum atomic E-state index is 13.3. The average Bonchev–Trinajstić information content (AvgIpc) is 2.78. The van der Waals surface area contributed by atoms with Crippen LogP contribution in [0.1, 0.15) is 16.7 Å². The molecule has 34 heavy (non-hydrogen) atoms. The van der Waals surface area contributed by atoms with Crippen LogP contribution in [-0.2, 0) is 21.0 Å². The van der Waals surface area contributed by atoms with Crippen LogP contribution in [-0.4, -0.2) is 27.1 Å². The molecule has 0 aliphatic carbocycles. The van der Waals surface area contributed by atoms with E-state index in [1.165, 1.54) is 24.3 Å². The van der Waals surface area contributed by atoms with Crippen molar-refractivity contribution in [3.63, 3.8) is 0 Å². The van der Waals surface area contributed by atoms with Gasteiger partial charge in [-0.15, -0.1) is 0 Å². The standard InChI is InChI=1S/C23H19F4N3O3S/c1-16-5-9-20(10-6-16)30(34(32,33)21-11-7-19(24)8-12-21)15-22(31)29-28-14-17-3-2-4-18(13-17)23(25,26)27/h2-14H,15H2,1H3,(H,29,31)/b28-14-. The van der Waals surface area contributed by atoms with E-state index >= 15 is 0 Å². The smallest absolute Gasteiger partial charge is 0.271 e. The number of sulfonamides is 1. The van der Waals surface area contributed by atoms with Crippen molar-refractivity contribution in [1.29, 1.82) is 0 Å². The largest absolute Gasteiger partial charge is 0.416 e. The highest BCUT2D eigenvalue weighted by Gasteiger charge is 2.30. The Hall–Kier alpha value is -3.73. The van der Waals surface area contributed by atoms with E-state index in [-0.39, 0.29) is 16.1 Å². The number of halogens is 4. The maximum absolute atomic E-state index is 13.3. The summed E-state index contributed by atoms with van der Waals surface area (Å²) < 4.78 is 78.9. The van der Waals surface area contributed by atoms with Crippen molar-refractivity contribution >= 4 is 27.8 Å². The number of carbonyl (C=O) groups excluding carboxylic acids is 1. The molecule has 3 rings (SSSR count). The third kappa shape index (κ3) is 6.19. The topological polar surface area (TPSA) is 78.8 Å². The molecule has 0 saturated carbocycles. The number of alkyl halides is 3. The molecule has 1 N–H and O–H groups in total. The molecular formula is C23H19F4N3O3S. The number of amides is 1. The Morgan fingerprint density at radius 3 is 2.29 bits per heavy atom. The number of aryl methyl sites for hydroxylation is 1. The Balaban J connectivity index is 1.81. The SMILES string of the molecule is Cc1ccc(N(CC(=O)N/N=C\c2cccc(C(F)(F)F)c2)S(=O)(=O)c2ccc(F)cc2)cc1. The molecule has 0 bridgehead atoms.